The zero-order chi connectivity index (χ0) is 23.6. The van der Waals surface area contributed by atoms with Crippen molar-refractivity contribution in [1.82, 2.24) is 14.8 Å². The number of alkyl halides is 2. The van der Waals surface area contributed by atoms with Crippen molar-refractivity contribution in [3.63, 3.8) is 0 Å². The van der Waals surface area contributed by atoms with Crippen LogP contribution in [0, 0.1) is 5.92 Å². The molecule has 2 aromatic heterocycles. The molecule has 1 aliphatic carbocycles. The Labute approximate surface area is 191 Å². The standard InChI is InChI=1S/C23H29F2N3O4Si/c1-33(2,3)9-8-30-14-28-18(11-17-19(28)12-26-27-22(17)29)16-6-7-20(32-23(24)25)21(10-16)31-13-15-4-5-15/h6-7,10-12,15,23H,4-5,8-9,13-14H2,1-3H3,(H,27,29). The molecule has 0 atom stereocenters. The summed E-state index contributed by atoms with van der Waals surface area (Å²) in [5, 5.41) is 6.86. The first-order valence-corrected chi connectivity index (χ1v) is 14.8. The lowest BCUT2D eigenvalue weighted by Crippen LogP contribution is -2.22. The van der Waals surface area contributed by atoms with Crippen LogP contribution in [0.4, 0.5) is 8.78 Å². The Bertz CT molecular complexity index is 1170. The van der Waals surface area contributed by atoms with Gasteiger partial charge in [0, 0.05) is 20.2 Å². The highest BCUT2D eigenvalue weighted by Crippen LogP contribution is 2.37. The first kappa shape index (κ1) is 23.4. The second-order valence-corrected chi connectivity index (χ2v) is 15.2. The SMILES string of the molecule is C[Si](C)(C)CCOCn1c(-c2ccc(OC(F)F)c(OCC3CC3)c2)cc2c(=O)[nH]ncc21. The van der Waals surface area contributed by atoms with E-state index < -0.39 is 14.7 Å². The average molecular weight is 478 g/mol. The van der Waals surface area contributed by atoms with E-state index in [4.69, 9.17) is 9.47 Å². The minimum Gasteiger partial charge on any atom is -0.489 e. The summed E-state index contributed by atoms with van der Waals surface area (Å²) in [7, 11) is -1.25. The molecule has 1 saturated carbocycles. The maximum atomic E-state index is 12.9. The minimum absolute atomic E-state index is 0.0111. The highest BCUT2D eigenvalue weighted by molar-refractivity contribution is 6.76. The van der Waals surface area contributed by atoms with Crippen molar-refractivity contribution in [3.8, 4) is 22.8 Å². The average Bonchev–Trinajstić information content (AvgIpc) is 3.49. The van der Waals surface area contributed by atoms with Crippen molar-refractivity contribution in [2.45, 2.75) is 51.9 Å². The molecule has 4 rings (SSSR count). The zero-order valence-corrected chi connectivity index (χ0v) is 20.1. The Morgan fingerprint density at radius 2 is 2.00 bits per heavy atom. The molecule has 0 spiro atoms. The van der Waals surface area contributed by atoms with Gasteiger partial charge in [-0.3, -0.25) is 4.79 Å². The van der Waals surface area contributed by atoms with Gasteiger partial charge in [-0.2, -0.15) is 13.9 Å². The van der Waals surface area contributed by atoms with E-state index >= 15 is 0 Å². The number of hydrogen-bond donors (Lipinski definition) is 1. The van der Waals surface area contributed by atoms with Gasteiger partial charge in [-0.1, -0.05) is 19.6 Å². The van der Waals surface area contributed by atoms with Gasteiger partial charge in [0.1, 0.15) is 6.73 Å². The highest BCUT2D eigenvalue weighted by Gasteiger charge is 2.24. The summed E-state index contributed by atoms with van der Waals surface area (Å²) in [4.78, 5) is 12.4. The number of nitrogens with one attached hydrogen (secondary N) is 1. The van der Waals surface area contributed by atoms with E-state index in [0.717, 1.165) is 18.9 Å². The number of ether oxygens (including phenoxy) is 3. The van der Waals surface area contributed by atoms with Crippen molar-refractivity contribution < 1.29 is 23.0 Å². The van der Waals surface area contributed by atoms with Gasteiger partial charge in [0.2, 0.25) is 0 Å². The van der Waals surface area contributed by atoms with Gasteiger partial charge in [-0.25, -0.2) is 5.10 Å². The smallest absolute Gasteiger partial charge is 0.387 e. The van der Waals surface area contributed by atoms with Crippen molar-refractivity contribution in [3.05, 3.63) is 40.8 Å². The lowest BCUT2D eigenvalue weighted by Gasteiger charge is -2.17. The van der Waals surface area contributed by atoms with Crippen LogP contribution in [0.25, 0.3) is 22.2 Å². The molecule has 0 radical (unpaired) electrons. The van der Waals surface area contributed by atoms with Crippen LogP contribution in [0.1, 0.15) is 12.8 Å². The molecular weight excluding hydrogens is 448 g/mol. The normalized spacial score (nSPS) is 14.2. The molecule has 0 aliphatic heterocycles. The number of hydrogen-bond acceptors (Lipinski definition) is 5. The molecule has 0 unspecified atom stereocenters. The molecule has 10 heteroatoms. The van der Waals surface area contributed by atoms with Gasteiger partial charge in [-0.15, -0.1) is 0 Å². The molecule has 1 aromatic carbocycles. The lowest BCUT2D eigenvalue weighted by molar-refractivity contribution is -0.0515. The third kappa shape index (κ3) is 6.00. The van der Waals surface area contributed by atoms with Crippen LogP contribution in [0.5, 0.6) is 11.5 Å². The number of halogens is 2. The fraction of sp³-hybridized carbons (Fsp3) is 0.478. The van der Waals surface area contributed by atoms with Crippen molar-refractivity contribution in [2.24, 2.45) is 5.92 Å². The highest BCUT2D eigenvalue weighted by atomic mass is 28.3. The van der Waals surface area contributed by atoms with Crippen LogP contribution in [0.2, 0.25) is 25.7 Å². The number of aromatic amines is 1. The molecule has 33 heavy (non-hydrogen) atoms. The monoisotopic (exact) mass is 477 g/mol. The maximum absolute atomic E-state index is 12.9. The first-order chi connectivity index (χ1) is 15.7. The molecule has 3 aromatic rings. The fourth-order valence-electron chi connectivity index (χ4n) is 3.48. The van der Waals surface area contributed by atoms with Gasteiger partial charge < -0.3 is 18.8 Å². The molecule has 7 nitrogen and oxygen atoms in total. The number of aromatic nitrogens is 3. The Morgan fingerprint density at radius 1 is 1.21 bits per heavy atom. The Balaban J connectivity index is 1.69. The Kier molecular flexibility index (Phi) is 6.85. The minimum atomic E-state index is -2.95. The third-order valence-corrected chi connectivity index (χ3v) is 7.28. The maximum Gasteiger partial charge on any atom is 0.387 e. The number of rotatable bonds is 11. The van der Waals surface area contributed by atoms with Gasteiger partial charge in [-0.05, 0) is 49.1 Å². The Morgan fingerprint density at radius 3 is 2.70 bits per heavy atom. The molecule has 0 amide bonds. The van der Waals surface area contributed by atoms with Crippen molar-refractivity contribution >= 4 is 19.0 Å². The largest absolute Gasteiger partial charge is 0.489 e. The summed E-state index contributed by atoms with van der Waals surface area (Å²) >= 11 is 0. The van der Waals surface area contributed by atoms with Crippen molar-refractivity contribution in [1.29, 1.82) is 0 Å². The van der Waals surface area contributed by atoms with Crippen LogP contribution in [0.15, 0.2) is 35.3 Å². The summed E-state index contributed by atoms with van der Waals surface area (Å²) < 4.78 is 44.1. The predicted molar refractivity (Wildman–Crippen MR) is 125 cm³/mol. The molecule has 178 valence electrons. The van der Waals surface area contributed by atoms with E-state index in [1.54, 1.807) is 24.4 Å². The van der Waals surface area contributed by atoms with Crippen LogP contribution in [-0.4, -0.2) is 42.7 Å². The fourth-order valence-corrected chi connectivity index (χ4v) is 4.23. The van der Waals surface area contributed by atoms with Crippen LogP contribution < -0.4 is 15.0 Å². The van der Waals surface area contributed by atoms with Gasteiger partial charge in [0.15, 0.2) is 11.5 Å². The van der Waals surface area contributed by atoms with E-state index in [1.165, 1.54) is 6.07 Å². The lowest BCUT2D eigenvalue weighted by atomic mass is 10.1. The predicted octanol–water partition coefficient (Wildman–Crippen LogP) is 5.09. The second kappa shape index (κ2) is 9.64. The summed E-state index contributed by atoms with van der Waals surface area (Å²) in [6, 6.07) is 7.59. The van der Waals surface area contributed by atoms with Gasteiger partial charge in [0.05, 0.1) is 29.4 Å². The van der Waals surface area contributed by atoms with Crippen LogP contribution in [0.3, 0.4) is 0 Å². The molecule has 0 saturated heterocycles. The quantitative estimate of drug-likeness (QED) is 0.307. The van der Waals surface area contributed by atoms with Crippen molar-refractivity contribution in [2.75, 3.05) is 13.2 Å². The van der Waals surface area contributed by atoms with Gasteiger partial charge in [0.25, 0.3) is 5.56 Å². The Hall–Kier alpha value is -2.72. The first-order valence-electron chi connectivity index (χ1n) is 11.1. The second-order valence-electron chi connectivity index (χ2n) is 9.60. The molecule has 2 heterocycles. The molecular formula is C23H29F2N3O4Si. The molecule has 1 fully saturated rings. The summed E-state index contributed by atoms with van der Waals surface area (Å²) in [5.41, 5.74) is 1.73. The number of benzene rings is 1. The summed E-state index contributed by atoms with van der Waals surface area (Å²) in [6.45, 7) is 5.20. The van der Waals surface area contributed by atoms with E-state index in [1.807, 2.05) is 4.57 Å². The third-order valence-electron chi connectivity index (χ3n) is 5.58. The van der Waals surface area contributed by atoms with E-state index in [9.17, 15) is 13.6 Å². The van der Waals surface area contributed by atoms with Gasteiger partial charge >= 0.3 is 6.61 Å². The molecule has 1 N–H and O–H groups in total. The van der Waals surface area contributed by atoms with Crippen LogP contribution >= 0.6 is 0 Å². The molecule has 0 bridgehead atoms. The van der Waals surface area contributed by atoms with E-state index in [2.05, 4.69) is 34.6 Å². The summed E-state index contributed by atoms with van der Waals surface area (Å²) in [6.07, 6.45) is 3.73. The van der Waals surface area contributed by atoms with E-state index in [-0.39, 0.29) is 23.8 Å². The number of H-pyrrole nitrogens is 1. The number of fused-ring (bicyclic) bond motifs is 1. The molecule has 1 aliphatic rings. The zero-order valence-electron chi connectivity index (χ0n) is 19.1. The van der Waals surface area contributed by atoms with Crippen LogP contribution in [-0.2, 0) is 11.5 Å². The summed E-state index contributed by atoms with van der Waals surface area (Å²) in [5.74, 6) is 0.690. The number of nitrogens with zero attached hydrogens (tertiary/aromatic N) is 2. The van der Waals surface area contributed by atoms with E-state index in [0.29, 0.717) is 41.3 Å². The topological polar surface area (TPSA) is 78.4 Å².